The number of hydrogen-bond donors (Lipinski definition) is 1. The molecule has 0 fully saturated rings. The highest BCUT2D eigenvalue weighted by Crippen LogP contribution is 2.14. The van der Waals surface area contributed by atoms with Crippen LogP contribution < -0.4 is 5.73 Å². The molecule has 0 aliphatic heterocycles. The summed E-state index contributed by atoms with van der Waals surface area (Å²) in [5.41, 5.74) is 9.54. The average Bonchev–Trinajstić information content (AvgIpc) is 2.37. The highest BCUT2D eigenvalue weighted by atomic mass is 16.5. The molecule has 1 aromatic carbocycles. The van der Waals surface area contributed by atoms with Gasteiger partial charge in [-0.05, 0) is 26.3 Å². The fourth-order valence-corrected chi connectivity index (χ4v) is 2.24. The van der Waals surface area contributed by atoms with E-state index in [1.807, 2.05) is 0 Å². The van der Waals surface area contributed by atoms with E-state index in [0.717, 1.165) is 5.56 Å². The summed E-state index contributed by atoms with van der Waals surface area (Å²) in [4.78, 5) is 20.0. The van der Waals surface area contributed by atoms with Crippen molar-refractivity contribution in [2.45, 2.75) is 27.2 Å². The third-order valence-electron chi connectivity index (χ3n) is 3.01. The van der Waals surface area contributed by atoms with Crippen LogP contribution in [0.15, 0.2) is 24.4 Å². The molecule has 0 unspecified atom stereocenters. The molecule has 5 heteroatoms. The van der Waals surface area contributed by atoms with Crippen molar-refractivity contribution >= 4 is 11.8 Å². The lowest BCUT2D eigenvalue weighted by molar-refractivity contribution is 0.0526. The molecule has 0 atom stereocenters. The van der Waals surface area contributed by atoms with Crippen molar-refractivity contribution in [1.82, 2.24) is 9.97 Å². The second-order valence-electron chi connectivity index (χ2n) is 4.98. The SMILES string of the molecule is CCOC(=O)c1cnc(Cc2cc(C)cc(C)c2)nc1N. The first-order chi connectivity index (χ1) is 9.99. The summed E-state index contributed by atoms with van der Waals surface area (Å²) in [6.07, 6.45) is 2.01. The molecule has 21 heavy (non-hydrogen) atoms. The second kappa shape index (κ2) is 6.35. The van der Waals surface area contributed by atoms with Gasteiger partial charge in [-0.25, -0.2) is 14.8 Å². The van der Waals surface area contributed by atoms with E-state index in [9.17, 15) is 4.79 Å². The Morgan fingerprint density at radius 3 is 2.48 bits per heavy atom. The normalized spacial score (nSPS) is 10.4. The Morgan fingerprint density at radius 1 is 1.24 bits per heavy atom. The number of anilines is 1. The van der Waals surface area contributed by atoms with Gasteiger partial charge in [-0.2, -0.15) is 0 Å². The van der Waals surface area contributed by atoms with Crippen LogP contribution in [0, 0.1) is 13.8 Å². The van der Waals surface area contributed by atoms with E-state index in [1.165, 1.54) is 17.3 Å². The van der Waals surface area contributed by atoms with Gasteiger partial charge in [0.15, 0.2) is 0 Å². The minimum absolute atomic E-state index is 0.155. The van der Waals surface area contributed by atoms with Crippen LogP contribution in [0.4, 0.5) is 5.82 Å². The van der Waals surface area contributed by atoms with Crippen LogP contribution in [0.5, 0.6) is 0 Å². The van der Waals surface area contributed by atoms with Crippen molar-refractivity contribution < 1.29 is 9.53 Å². The molecule has 1 heterocycles. The summed E-state index contributed by atoms with van der Waals surface area (Å²) >= 11 is 0. The highest BCUT2D eigenvalue weighted by Gasteiger charge is 2.13. The predicted molar refractivity (Wildman–Crippen MR) is 81.1 cm³/mol. The molecule has 2 N–H and O–H groups in total. The van der Waals surface area contributed by atoms with Crippen LogP contribution in [0.1, 0.15) is 39.8 Å². The molecule has 5 nitrogen and oxygen atoms in total. The van der Waals surface area contributed by atoms with Gasteiger partial charge in [-0.1, -0.05) is 29.3 Å². The Morgan fingerprint density at radius 2 is 1.90 bits per heavy atom. The minimum Gasteiger partial charge on any atom is -0.462 e. The third kappa shape index (κ3) is 3.78. The number of aryl methyl sites for hydroxylation is 2. The summed E-state index contributed by atoms with van der Waals surface area (Å²) in [5.74, 6) is 0.251. The van der Waals surface area contributed by atoms with Crippen molar-refractivity contribution in [2.24, 2.45) is 0 Å². The molecule has 0 saturated heterocycles. The largest absolute Gasteiger partial charge is 0.462 e. The quantitative estimate of drug-likeness (QED) is 0.873. The number of nitrogen functional groups attached to an aromatic ring is 1. The monoisotopic (exact) mass is 285 g/mol. The first kappa shape index (κ1) is 15.0. The van der Waals surface area contributed by atoms with Gasteiger partial charge in [0.05, 0.1) is 6.61 Å². The number of carbonyl (C=O) groups excluding carboxylic acids is 1. The van der Waals surface area contributed by atoms with Crippen molar-refractivity contribution in [2.75, 3.05) is 12.3 Å². The maximum absolute atomic E-state index is 11.6. The zero-order valence-electron chi connectivity index (χ0n) is 12.5. The van der Waals surface area contributed by atoms with Gasteiger partial charge in [0.2, 0.25) is 0 Å². The van der Waals surface area contributed by atoms with E-state index in [4.69, 9.17) is 10.5 Å². The highest BCUT2D eigenvalue weighted by molar-refractivity contribution is 5.93. The Balaban J connectivity index is 2.22. The van der Waals surface area contributed by atoms with Crippen molar-refractivity contribution in [3.8, 4) is 0 Å². The fraction of sp³-hybridized carbons (Fsp3) is 0.312. The molecule has 1 aromatic heterocycles. The molecular formula is C16H19N3O2. The smallest absolute Gasteiger partial charge is 0.343 e. The average molecular weight is 285 g/mol. The van der Waals surface area contributed by atoms with Gasteiger partial charge in [0.1, 0.15) is 17.2 Å². The van der Waals surface area contributed by atoms with Crippen LogP contribution in [-0.4, -0.2) is 22.5 Å². The van der Waals surface area contributed by atoms with Crippen LogP contribution >= 0.6 is 0 Å². The standard InChI is InChI=1S/C16H19N3O2/c1-4-21-16(20)13-9-18-14(19-15(13)17)8-12-6-10(2)5-11(3)7-12/h5-7,9H,4,8H2,1-3H3,(H2,17,18,19). The van der Waals surface area contributed by atoms with Crippen molar-refractivity contribution in [3.05, 3.63) is 52.5 Å². The number of rotatable bonds is 4. The molecule has 2 rings (SSSR count). The Labute approximate surface area is 124 Å². The molecular weight excluding hydrogens is 266 g/mol. The number of aromatic nitrogens is 2. The van der Waals surface area contributed by atoms with Crippen molar-refractivity contribution in [1.29, 1.82) is 0 Å². The lowest BCUT2D eigenvalue weighted by atomic mass is 10.0. The zero-order chi connectivity index (χ0) is 15.4. The van der Waals surface area contributed by atoms with Crippen LogP contribution in [0.3, 0.4) is 0 Å². The van der Waals surface area contributed by atoms with Gasteiger partial charge in [-0.15, -0.1) is 0 Å². The maximum Gasteiger partial charge on any atom is 0.343 e. The third-order valence-corrected chi connectivity index (χ3v) is 3.01. The number of benzene rings is 1. The number of hydrogen-bond acceptors (Lipinski definition) is 5. The molecule has 0 aliphatic rings. The Hall–Kier alpha value is -2.43. The Bertz CT molecular complexity index is 648. The van der Waals surface area contributed by atoms with E-state index in [-0.39, 0.29) is 11.4 Å². The molecule has 0 spiro atoms. The number of nitrogens with zero attached hydrogens (tertiary/aromatic N) is 2. The van der Waals surface area contributed by atoms with E-state index in [2.05, 4.69) is 42.0 Å². The topological polar surface area (TPSA) is 78.1 Å². The number of carbonyl (C=O) groups is 1. The van der Waals surface area contributed by atoms with Gasteiger partial charge < -0.3 is 10.5 Å². The van der Waals surface area contributed by atoms with E-state index in [0.29, 0.717) is 18.9 Å². The molecule has 0 saturated carbocycles. The van der Waals surface area contributed by atoms with Crippen LogP contribution in [0.25, 0.3) is 0 Å². The van der Waals surface area contributed by atoms with E-state index in [1.54, 1.807) is 6.92 Å². The van der Waals surface area contributed by atoms with Crippen LogP contribution in [-0.2, 0) is 11.2 Å². The van der Waals surface area contributed by atoms with Gasteiger partial charge in [0.25, 0.3) is 0 Å². The van der Waals surface area contributed by atoms with Crippen LogP contribution in [0.2, 0.25) is 0 Å². The molecule has 110 valence electrons. The molecule has 2 aromatic rings. The van der Waals surface area contributed by atoms with Gasteiger partial charge in [0, 0.05) is 12.6 Å². The summed E-state index contributed by atoms with van der Waals surface area (Å²) in [6, 6.07) is 6.29. The van der Waals surface area contributed by atoms with Gasteiger partial charge in [-0.3, -0.25) is 0 Å². The second-order valence-corrected chi connectivity index (χ2v) is 4.98. The molecule has 0 aliphatic carbocycles. The summed E-state index contributed by atoms with van der Waals surface area (Å²) in [5, 5.41) is 0. The predicted octanol–water partition coefficient (Wildman–Crippen LogP) is 2.44. The summed E-state index contributed by atoms with van der Waals surface area (Å²) in [6.45, 7) is 6.14. The van der Waals surface area contributed by atoms with E-state index >= 15 is 0 Å². The first-order valence-corrected chi connectivity index (χ1v) is 6.85. The summed E-state index contributed by atoms with van der Waals surface area (Å²) in [7, 11) is 0. The number of ether oxygens (including phenoxy) is 1. The lowest BCUT2D eigenvalue weighted by Crippen LogP contribution is -2.12. The first-order valence-electron chi connectivity index (χ1n) is 6.85. The molecule has 0 radical (unpaired) electrons. The molecule has 0 bridgehead atoms. The molecule has 0 amide bonds. The number of esters is 1. The Kier molecular flexibility index (Phi) is 4.52. The fourth-order valence-electron chi connectivity index (χ4n) is 2.24. The lowest BCUT2D eigenvalue weighted by Gasteiger charge is -2.07. The minimum atomic E-state index is -0.493. The zero-order valence-corrected chi connectivity index (χ0v) is 12.5. The van der Waals surface area contributed by atoms with E-state index < -0.39 is 5.97 Å². The summed E-state index contributed by atoms with van der Waals surface area (Å²) < 4.78 is 4.90. The maximum atomic E-state index is 11.6. The number of nitrogens with two attached hydrogens (primary N) is 1. The van der Waals surface area contributed by atoms with Gasteiger partial charge >= 0.3 is 5.97 Å². The van der Waals surface area contributed by atoms with Crippen molar-refractivity contribution in [3.63, 3.8) is 0 Å².